The molecule has 46 heavy (non-hydrogen) atoms. The van der Waals surface area contributed by atoms with E-state index in [2.05, 4.69) is 20.9 Å². The Kier molecular flexibility index (Phi) is 11.7. The minimum Gasteiger partial charge on any atom is -0.481 e. The van der Waals surface area contributed by atoms with Gasteiger partial charge in [0, 0.05) is 36.3 Å². The van der Waals surface area contributed by atoms with E-state index in [9.17, 15) is 33.9 Å². The number of likely N-dealkylation sites (tertiary alicyclic amines) is 1. The molecule has 3 rings (SSSR count). The van der Waals surface area contributed by atoms with Crippen LogP contribution in [0.1, 0.15) is 58.4 Å². The van der Waals surface area contributed by atoms with E-state index in [1.807, 2.05) is 0 Å². The number of benzene rings is 1. The lowest BCUT2D eigenvalue weighted by Crippen LogP contribution is -2.56. The van der Waals surface area contributed by atoms with Crippen molar-refractivity contribution in [2.75, 3.05) is 18.4 Å². The molecule has 1 fully saturated rings. The van der Waals surface area contributed by atoms with E-state index in [0.717, 1.165) is 0 Å². The largest absolute Gasteiger partial charge is 0.481 e. The number of fused-ring (bicyclic) bond motifs is 1. The third-order valence-corrected chi connectivity index (χ3v) is 7.00. The summed E-state index contributed by atoms with van der Waals surface area (Å²) in [5.41, 5.74) is 10.7. The first-order valence-corrected chi connectivity index (χ1v) is 14.8. The molecule has 1 aliphatic heterocycles. The number of alkyl carbamates (subject to hydrolysis) is 1. The first-order chi connectivity index (χ1) is 21.5. The Bertz CT molecular complexity index is 1560. The number of aliphatic carboxylic acids is 1. The van der Waals surface area contributed by atoms with E-state index >= 15 is 0 Å². The van der Waals surface area contributed by atoms with Gasteiger partial charge in [0.15, 0.2) is 5.96 Å². The van der Waals surface area contributed by atoms with E-state index in [1.54, 1.807) is 39.8 Å². The number of nitrogens with two attached hydrogens (primary N) is 2. The van der Waals surface area contributed by atoms with Crippen molar-refractivity contribution in [1.29, 1.82) is 0 Å². The van der Waals surface area contributed by atoms with Gasteiger partial charge >= 0.3 is 17.7 Å². The summed E-state index contributed by atoms with van der Waals surface area (Å²) >= 11 is 0. The van der Waals surface area contributed by atoms with Crippen LogP contribution in [0.25, 0.3) is 11.0 Å². The van der Waals surface area contributed by atoms with Crippen LogP contribution in [0.4, 0.5) is 10.5 Å². The fraction of sp³-hybridized carbons (Fsp3) is 0.500. The van der Waals surface area contributed by atoms with Gasteiger partial charge in [-0.2, -0.15) is 0 Å². The van der Waals surface area contributed by atoms with Gasteiger partial charge in [-0.15, -0.1) is 0 Å². The molecule has 0 unspecified atom stereocenters. The smallest absolute Gasteiger partial charge is 0.408 e. The molecule has 3 atom stereocenters. The van der Waals surface area contributed by atoms with Crippen molar-refractivity contribution < 1.29 is 38.2 Å². The third kappa shape index (κ3) is 10.2. The summed E-state index contributed by atoms with van der Waals surface area (Å²) in [6, 6.07) is 2.56. The molecule has 16 nitrogen and oxygen atoms in total. The monoisotopic (exact) mass is 643 g/mol. The number of aryl methyl sites for hydroxylation is 1. The Morgan fingerprint density at radius 2 is 1.85 bits per heavy atom. The van der Waals surface area contributed by atoms with Gasteiger partial charge < -0.3 is 46.6 Å². The molecule has 1 saturated heterocycles. The van der Waals surface area contributed by atoms with E-state index in [0.29, 0.717) is 29.5 Å². The molecule has 0 radical (unpaired) electrons. The van der Waals surface area contributed by atoms with Crippen molar-refractivity contribution in [2.24, 2.45) is 16.5 Å². The van der Waals surface area contributed by atoms with Crippen LogP contribution in [0, 0.1) is 6.92 Å². The third-order valence-electron chi connectivity index (χ3n) is 7.00. The Balaban J connectivity index is 1.79. The number of nitrogens with one attached hydrogen (secondary N) is 3. The van der Waals surface area contributed by atoms with Gasteiger partial charge in [0.2, 0.25) is 17.7 Å². The Labute approximate surface area is 264 Å². The minimum atomic E-state index is -1.49. The summed E-state index contributed by atoms with van der Waals surface area (Å²) in [6.07, 6.45) is -0.597. The first kappa shape index (κ1) is 35.3. The van der Waals surface area contributed by atoms with Crippen molar-refractivity contribution in [2.45, 2.75) is 83.5 Å². The summed E-state index contributed by atoms with van der Waals surface area (Å²) in [5.74, 6) is -3.46. The lowest BCUT2D eigenvalue weighted by Gasteiger charge is -2.30. The normalized spacial score (nSPS) is 15.8. The summed E-state index contributed by atoms with van der Waals surface area (Å²) in [7, 11) is 0. The molecule has 4 amide bonds. The number of ether oxygens (including phenoxy) is 1. The van der Waals surface area contributed by atoms with E-state index in [-0.39, 0.29) is 37.5 Å². The fourth-order valence-corrected chi connectivity index (χ4v) is 5.00. The zero-order chi connectivity index (χ0) is 34.2. The molecule has 1 aromatic heterocycles. The Morgan fingerprint density at radius 3 is 2.50 bits per heavy atom. The van der Waals surface area contributed by atoms with Crippen molar-refractivity contribution in [3.63, 3.8) is 0 Å². The van der Waals surface area contributed by atoms with Crippen molar-refractivity contribution >= 4 is 52.4 Å². The average molecular weight is 644 g/mol. The van der Waals surface area contributed by atoms with Crippen LogP contribution in [0.2, 0.25) is 0 Å². The molecule has 0 saturated carbocycles. The molecule has 1 aromatic carbocycles. The highest BCUT2D eigenvalue weighted by atomic mass is 16.6. The summed E-state index contributed by atoms with van der Waals surface area (Å²) in [6.45, 7) is 6.92. The molecule has 250 valence electrons. The topological polar surface area (TPSA) is 249 Å². The van der Waals surface area contributed by atoms with E-state index < -0.39 is 65.6 Å². The maximum Gasteiger partial charge on any atom is 0.408 e. The SMILES string of the molecule is Cc1cc(=O)oc2cc(NC(=O)[C@H](CCCN=C(N)N)NC(=O)[C@@H]3CCCN3C(=O)[C@H](CC(=O)O)NC(=O)OC(C)(C)C)ccc12. The molecular weight excluding hydrogens is 602 g/mol. The molecule has 8 N–H and O–H groups in total. The number of guanidine groups is 1. The number of hydrogen-bond acceptors (Lipinski definition) is 9. The van der Waals surface area contributed by atoms with Crippen molar-refractivity contribution in [3.8, 4) is 0 Å². The maximum absolute atomic E-state index is 13.5. The van der Waals surface area contributed by atoms with Gasteiger partial charge in [0.1, 0.15) is 29.3 Å². The van der Waals surface area contributed by atoms with Gasteiger partial charge in [0.05, 0.1) is 6.42 Å². The summed E-state index contributed by atoms with van der Waals surface area (Å²) in [5, 5.41) is 17.8. The fourth-order valence-electron chi connectivity index (χ4n) is 5.00. The van der Waals surface area contributed by atoms with Crippen LogP contribution in [0.5, 0.6) is 0 Å². The number of anilines is 1. The Morgan fingerprint density at radius 1 is 1.13 bits per heavy atom. The lowest BCUT2D eigenvalue weighted by molar-refractivity contribution is -0.144. The zero-order valence-electron chi connectivity index (χ0n) is 26.3. The maximum atomic E-state index is 13.5. The standard InChI is InChI=1S/C30H41N7O9/c1-16-13-24(40)45-22-14-17(9-10-18(16)22)34-25(41)19(7-5-11-33-28(31)32)35-26(42)21-8-6-12-37(21)27(43)20(15-23(38)39)36-29(44)46-30(2,3)4/h9-10,13-14,19-21H,5-8,11-12,15H2,1-4H3,(H,34,41)(H,35,42)(H,36,44)(H,38,39)(H4,31,32,33)/t19-,20-,21-/m0/s1. The number of carbonyl (C=O) groups is 5. The summed E-state index contributed by atoms with van der Waals surface area (Å²) in [4.78, 5) is 81.3. The van der Waals surface area contributed by atoms with Crippen LogP contribution in [0.3, 0.4) is 0 Å². The van der Waals surface area contributed by atoms with Gasteiger partial charge in [0.25, 0.3) is 0 Å². The number of carboxylic acids is 1. The van der Waals surface area contributed by atoms with Gasteiger partial charge in [-0.05, 0) is 71.1 Å². The van der Waals surface area contributed by atoms with E-state index in [1.165, 1.54) is 17.0 Å². The number of aliphatic imine (C=N–C) groups is 1. The van der Waals surface area contributed by atoms with E-state index in [4.69, 9.17) is 20.6 Å². The van der Waals surface area contributed by atoms with Crippen LogP contribution in [-0.2, 0) is 23.9 Å². The average Bonchev–Trinajstić information content (AvgIpc) is 3.42. The molecule has 2 heterocycles. The molecular formula is C30H41N7O9. The number of carboxylic acid groups (broad SMARTS) is 1. The van der Waals surface area contributed by atoms with Crippen LogP contribution in [0.15, 0.2) is 38.5 Å². The molecule has 0 aliphatic carbocycles. The van der Waals surface area contributed by atoms with Crippen molar-refractivity contribution in [3.05, 3.63) is 40.2 Å². The van der Waals surface area contributed by atoms with Gasteiger partial charge in [-0.1, -0.05) is 0 Å². The quantitative estimate of drug-likeness (QED) is 0.0821. The van der Waals surface area contributed by atoms with Crippen molar-refractivity contribution in [1.82, 2.24) is 15.5 Å². The lowest BCUT2D eigenvalue weighted by atomic mass is 10.1. The second-order valence-corrected chi connectivity index (χ2v) is 11.9. The number of rotatable bonds is 12. The molecule has 2 aromatic rings. The number of hydrogen-bond donors (Lipinski definition) is 6. The Hall–Kier alpha value is -5.15. The molecule has 1 aliphatic rings. The highest BCUT2D eigenvalue weighted by molar-refractivity contribution is 6.00. The number of carbonyl (C=O) groups excluding carboxylic acids is 4. The molecule has 0 spiro atoms. The second-order valence-electron chi connectivity index (χ2n) is 11.9. The van der Waals surface area contributed by atoms with Crippen LogP contribution < -0.4 is 33.0 Å². The first-order valence-electron chi connectivity index (χ1n) is 14.8. The summed E-state index contributed by atoms with van der Waals surface area (Å²) < 4.78 is 10.4. The van der Waals surface area contributed by atoms with Gasteiger partial charge in [-0.25, -0.2) is 9.59 Å². The molecule has 16 heteroatoms. The minimum absolute atomic E-state index is 0.124. The number of nitrogens with zero attached hydrogens (tertiary/aromatic N) is 2. The molecule has 0 bridgehead atoms. The van der Waals surface area contributed by atoms with Crippen LogP contribution >= 0.6 is 0 Å². The predicted octanol–water partition coefficient (Wildman–Crippen LogP) is 0.937. The highest BCUT2D eigenvalue weighted by Crippen LogP contribution is 2.22. The number of amides is 4. The highest BCUT2D eigenvalue weighted by Gasteiger charge is 2.40. The van der Waals surface area contributed by atoms with Gasteiger partial charge in [-0.3, -0.25) is 24.2 Å². The van der Waals surface area contributed by atoms with Crippen LogP contribution in [-0.4, -0.2) is 82.6 Å². The second kappa shape index (κ2) is 15.2. The predicted molar refractivity (Wildman–Crippen MR) is 168 cm³/mol. The zero-order valence-corrected chi connectivity index (χ0v) is 26.3.